The van der Waals surface area contributed by atoms with Gasteiger partial charge in [0.05, 0.1) is 17.7 Å². The van der Waals surface area contributed by atoms with Gasteiger partial charge in [0.1, 0.15) is 0 Å². The van der Waals surface area contributed by atoms with E-state index in [4.69, 9.17) is 4.11 Å². The number of benzene rings is 9. The zero-order valence-electron chi connectivity index (χ0n) is 39.8. The second kappa shape index (κ2) is 14.2. The summed E-state index contributed by atoms with van der Waals surface area (Å²) in [5.74, 6) is 0. The Labute approximate surface area is 367 Å². The normalized spacial score (nSPS) is 15.0. The Morgan fingerprint density at radius 2 is 0.656 bits per heavy atom. The van der Waals surface area contributed by atoms with Gasteiger partial charge in [-0.25, -0.2) is 0 Å². The van der Waals surface area contributed by atoms with Crippen LogP contribution in [0.25, 0.3) is 22.3 Å². The van der Waals surface area contributed by atoms with Crippen molar-refractivity contribution in [1.82, 2.24) is 0 Å². The molecular weight excluding hydrogens is 735 g/mol. The van der Waals surface area contributed by atoms with E-state index in [0.29, 0.717) is 11.4 Å². The molecule has 0 spiro atoms. The van der Waals surface area contributed by atoms with Gasteiger partial charge in [-0.05, 0) is 131 Å². The summed E-state index contributed by atoms with van der Waals surface area (Å²) in [6, 6.07) is 63.5. The quantitative estimate of drug-likeness (QED) is 0.156. The van der Waals surface area contributed by atoms with E-state index in [0.717, 1.165) is 89.0 Å². The molecule has 0 atom stereocenters. The molecule has 1 nitrogen and oxygen atoms in total. The molecule has 1 heteroatoms. The summed E-state index contributed by atoms with van der Waals surface area (Å²) in [4.78, 5) is 1.90. The molecule has 0 N–H and O–H groups in total. The largest absolute Gasteiger partial charge is 0.310 e. The molecule has 0 saturated carbocycles. The zero-order chi connectivity index (χ0) is 45.6. The van der Waals surface area contributed by atoms with Crippen molar-refractivity contribution in [3.8, 4) is 22.3 Å². The van der Waals surface area contributed by atoms with Crippen molar-refractivity contribution in [3.63, 3.8) is 0 Å². The van der Waals surface area contributed by atoms with Gasteiger partial charge < -0.3 is 4.90 Å². The first-order valence-electron chi connectivity index (χ1n) is 23.6. The number of aryl methyl sites for hydroxylation is 4. The molecule has 0 heterocycles. The molecule has 2 aliphatic carbocycles. The van der Waals surface area contributed by atoms with Crippen LogP contribution < -0.4 is 4.90 Å². The Balaban J connectivity index is 1.24. The summed E-state index contributed by atoms with van der Waals surface area (Å²) >= 11 is 0. The molecule has 0 bridgehead atoms. The van der Waals surface area contributed by atoms with Gasteiger partial charge in [-0.1, -0.05) is 198 Å². The van der Waals surface area contributed by atoms with E-state index < -0.39 is 16.9 Å². The summed E-state index contributed by atoms with van der Waals surface area (Å²) < 4.78 is 45.7. The maximum atomic E-state index is 9.54. The minimum Gasteiger partial charge on any atom is -0.310 e. The summed E-state index contributed by atoms with van der Waals surface area (Å²) in [6.45, 7) is 8.43. The lowest BCUT2D eigenvalue weighted by Gasteiger charge is -2.36. The Hall–Kier alpha value is -7.22. The van der Waals surface area contributed by atoms with Crippen molar-refractivity contribution in [2.24, 2.45) is 0 Å². The molecule has 61 heavy (non-hydrogen) atoms. The van der Waals surface area contributed by atoms with Gasteiger partial charge in [0.2, 0.25) is 0 Å². The van der Waals surface area contributed by atoms with Crippen molar-refractivity contribution >= 4 is 17.1 Å². The highest BCUT2D eigenvalue weighted by molar-refractivity contribution is 5.92. The van der Waals surface area contributed by atoms with Crippen LogP contribution in [0.5, 0.6) is 0 Å². The van der Waals surface area contributed by atoms with Gasteiger partial charge in [0.15, 0.2) is 0 Å². The predicted octanol–water partition coefficient (Wildman–Crippen LogP) is 15.1. The summed E-state index contributed by atoms with van der Waals surface area (Å²) in [6.07, 6.45) is 0. The predicted molar refractivity (Wildman–Crippen MR) is 255 cm³/mol. The number of rotatable bonds is 7. The van der Waals surface area contributed by atoms with Crippen molar-refractivity contribution in [3.05, 3.63) is 279 Å². The molecule has 0 unspecified atom stereocenters. The van der Waals surface area contributed by atoms with E-state index in [9.17, 15) is 2.74 Å². The van der Waals surface area contributed by atoms with Crippen LogP contribution in [0.3, 0.4) is 0 Å². The fourth-order valence-corrected chi connectivity index (χ4v) is 10.4. The first-order valence-corrected chi connectivity index (χ1v) is 21.1. The van der Waals surface area contributed by atoms with Crippen LogP contribution in [-0.2, 0) is 10.8 Å². The molecule has 0 aliphatic heterocycles. The molecule has 0 amide bonds. The maximum Gasteiger partial charge on any atom is 0.0714 e. The standard InChI is InChI=1S/C60H47N/c1-40-18-26-44(27-19-40)59(45-28-20-41(2)21-29-45)55-16-10-8-14-51(55)53-36-34-49(38-57(53)59)61(48-12-6-5-7-13-48)50-35-37-54-52-15-9-11-17-56(52)60(58(54)39-50,46-30-22-42(3)23-31-46)47-32-24-43(4)25-33-47/h5-39H,1-4H3/i5D,6D,7D,12D,13D. The number of anilines is 3. The first-order chi connectivity index (χ1) is 31.9. The highest BCUT2D eigenvalue weighted by Gasteiger charge is 2.48. The van der Waals surface area contributed by atoms with Crippen LogP contribution in [0.2, 0.25) is 0 Å². The lowest BCUT2D eigenvalue weighted by Crippen LogP contribution is -2.29. The Bertz CT molecular complexity index is 3080. The highest BCUT2D eigenvalue weighted by atomic mass is 15.1. The van der Waals surface area contributed by atoms with E-state index in [2.05, 4.69) is 198 Å². The molecule has 0 saturated heterocycles. The second-order valence-corrected chi connectivity index (χ2v) is 16.8. The van der Waals surface area contributed by atoms with Gasteiger partial charge in [-0.2, -0.15) is 0 Å². The van der Waals surface area contributed by atoms with E-state index in [-0.39, 0.29) is 29.9 Å². The van der Waals surface area contributed by atoms with Crippen LogP contribution in [0.15, 0.2) is 212 Å². The van der Waals surface area contributed by atoms with Crippen LogP contribution in [0.1, 0.15) is 73.6 Å². The average molecular weight is 787 g/mol. The SMILES string of the molecule is [2H]c1c([2H])c([2H])c(N(c2ccc3c(c2)C(c2ccc(C)cc2)(c2ccc(C)cc2)c2ccccc2-3)c2ccc3c(c2)C(c2ccc(C)cc2)(c2ccc(C)cc2)c2ccccc2-3)c([2H])c1[2H]. The number of hydrogen-bond acceptors (Lipinski definition) is 1. The first kappa shape index (κ1) is 31.7. The molecule has 11 rings (SSSR count). The molecule has 0 radical (unpaired) electrons. The van der Waals surface area contributed by atoms with Crippen molar-refractivity contribution in [2.45, 2.75) is 38.5 Å². The molecule has 9 aromatic carbocycles. The fraction of sp³-hybridized carbons (Fsp3) is 0.100. The lowest BCUT2D eigenvalue weighted by atomic mass is 9.67. The van der Waals surface area contributed by atoms with E-state index >= 15 is 0 Å². The van der Waals surface area contributed by atoms with Crippen LogP contribution >= 0.6 is 0 Å². The fourth-order valence-electron chi connectivity index (χ4n) is 10.4. The van der Waals surface area contributed by atoms with E-state index in [1.165, 1.54) is 0 Å². The van der Waals surface area contributed by atoms with Crippen LogP contribution in [0.4, 0.5) is 17.1 Å². The summed E-state index contributed by atoms with van der Waals surface area (Å²) in [5.41, 5.74) is 17.9. The van der Waals surface area contributed by atoms with Crippen LogP contribution in [-0.4, -0.2) is 0 Å². The van der Waals surface area contributed by atoms with Gasteiger partial charge in [-0.15, -0.1) is 0 Å². The number of nitrogens with zero attached hydrogens (tertiary/aromatic N) is 1. The van der Waals surface area contributed by atoms with E-state index in [1.54, 1.807) is 0 Å². The Morgan fingerprint density at radius 3 is 1.02 bits per heavy atom. The summed E-state index contributed by atoms with van der Waals surface area (Å²) in [7, 11) is 0. The smallest absolute Gasteiger partial charge is 0.0714 e. The lowest BCUT2D eigenvalue weighted by molar-refractivity contribution is 0.766. The third kappa shape index (κ3) is 5.54. The Morgan fingerprint density at radius 1 is 0.328 bits per heavy atom. The third-order valence-corrected chi connectivity index (χ3v) is 13.2. The van der Waals surface area contributed by atoms with E-state index in [1.807, 2.05) is 17.0 Å². The van der Waals surface area contributed by atoms with Gasteiger partial charge in [0, 0.05) is 17.1 Å². The maximum absolute atomic E-state index is 9.54. The average Bonchev–Trinajstić information content (AvgIpc) is 3.80. The van der Waals surface area contributed by atoms with Crippen LogP contribution in [0, 0.1) is 27.7 Å². The second-order valence-electron chi connectivity index (χ2n) is 16.8. The minimum atomic E-state index is -0.736. The van der Waals surface area contributed by atoms with Crippen molar-refractivity contribution < 1.29 is 6.85 Å². The Kier molecular flexibility index (Phi) is 7.38. The molecule has 0 fully saturated rings. The molecule has 2 aliphatic rings. The van der Waals surface area contributed by atoms with Gasteiger partial charge in [0.25, 0.3) is 0 Å². The zero-order valence-corrected chi connectivity index (χ0v) is 34.8. The van der Waals surface area contributed by atoms with Crippen molar-refractivity contribution in [2.75, 3.05) is 4.90 Å². The summed E-state index contributed by atoms with van der Waals surface area (Å²) in [5, 5.41) is 0. The van der Waals surface area contributed by atoms with Crippen molar-refractivity contribution in [1.29, 1.82) is 0 Å². The molecule has 292 valence electrons. The minimum absolute atomic E-state index is 0.0828. The third-order valence-electron chi connectivity index (χ3n) is 13.2. The van der Waals surface area contributed by atoms with Gasteiger partial charge in [-0.3, -0.25) is 0 Å². The number of fused-ring (bicyclic) bond motifs is 6. The molecule has 9 aromatic rings. The molecule has 0 aromatic heterocycles. The topological polar surface area (TPSA) is 3.24 Å². The monoisotopic (exact) mass is 786 g/mol. The molecular formula is C60H47N. The van der Waals surface area contributed by atoms with Gasteiger partial charge >= 0.3 is 0 Å². The highest BCUT2D eigenvalue weighted by Crippen LogP contribution is 2.59. The number of hydrogen-bond donors (Lipinski definition) is 0. The number of para-hydroxylation sites is 1.